The van der Waals surface area contributed by atoms with Crippen molar-refractivity contribution in [2.45, 2.75) is 13.1 Å². The van der Waals surface area contributed by atoms with Crippen LogP contribution in [0.25, 0.3) is 0 Å². The lowest BCUT2D eigenvalue weighted by Gasteiger charge is -2.17. The molecule has 5 nitrogen and oxygen atoms in total. The fraction of sp³-hybridized carbons (Fsp3) is 0.150. The van der Waals surface area contributed by atoms with Gasteiger partial charge in [0.15, 0.2) is 0 Å². The molecule has 0 saturated carbocycles. The highest BCUT2D eigenvalue weighted by atomic mass is 35.5. The fourth-order valence-corrected chi connectivity index (χ4v) is 2.58. The van der Waals surface area contributed by atoms with Crippen LogP contribution in [0.5, 0.6) is 0 Å². The monoisotopic (exact) mass is 366 g/mol. The lowest BCUT2D eigenvalue weighted by molar-refractivity contribution is 0.0950. The molecule has 1 amide bonds. The van der Waals surface area contributed by atoms with Crippen LogP contribution in [0.2, 0.25) is 5.02 Å². The van der Waals surface area contributed by atoms with Crippen LogP contribution in [0, 0.1) is 0 Å². The van der Waals surface area contributed by atoms with Gasteiger partial charge in [-0.25, -0.2) is 9.97 Å². The number of hydrogen-bond donors (Lipinski definition) is 1. The van der Waals surface area contributed by atoms with E-state index in [1.54, 1.807) is 24.5 Å². The van der Waals surface area contributed by atoms with Gasteiger partial charge in [-0.15, -0.1) is 0 Å². The van der Waals surface area contributed by atoms with Crippen molar-refractivity contribution in [3.63, 3.8) is 0 Å². The van der Waals surface area contributed by atoms with Crippen molar-refractivity contribution in [1.29, 1.82) is 0 Å². The molecule has 26 heavy (non-hydrogen) atoms. The fourth-order valence-electron chi connectivity index (χ4n) is 2.45. The molecule has 0 aliphatic heterocycles. The van der Waals surface area contributed by atoms with E-state index >= 15 is 0 Å². The van der Waals surface area contributed by atoms with Gasteiger partial charge < -0.3 is 10.2 Å². The predicted molar refractivity (Wildman–Crippen MR) is 103 cm³/mol. The zero-order chi connectivity index (χ0) is 18.4. The Morgan fingerprint density at radius 1 is 1.00 bits per heavy atom. The summed E-state index contributed by atoms with van der Waals surface area (Å²) in [5, 5.41) is 3.52. The van der Waals surface area contributed by atoms with E-state index in [0.717, 1.165) is 5.56 Å². The van der Waals surface area contributed by atoms with E-state index in [4.69, 9.17) is 11.6 Å². The molecule has 0 aliphatic rings. The first kappa shape index (κ1) is 17.9. The lowest BCUT2D eigenvalue weighted by Crippen LogP contribution is -2.24. The van der Waals surface area contributed by atoms with Gasteiger partial charge >= 0.3 is 0 Å². The minimum absolute atomic E-state index is 0.211. The van der Waals surface area contributed by atoms with Gasteiger partial charge in [0.25, 0.3) is 5.91 Å². The number of rotatable bonds is 6. The Labute approximate surface area is 157 Å². The van der Waals surface area contributed by atoms with Crippen LogP contribution in [0.3, 0.4) is 0 Å². The summed E-state index contributed by atoms with van der Waals surface area (Å²) < 4.78 is 0. The van der Waals surface area contributed by atoms with Crippen molar-refractivity contribution in [1.82, 2.24) is 15.3 Å². The predicted octanol–water partition coefficient (Wildman–Crippen LogP) is 3.70. The van der Waals surface area contributed by atoms with E-state index in [1.165, 1.54) is 5.56 Å². The Morgan fingerprint density at radius 2 is 1.65 bits per heavy atom. The number of benzene rings is 2. The van der Waals surface area contributed by atoms with E-state index in [2.05, 4.69) is 27.4 Å². The molecule has 0 aliphatic carbocycles. The van der Waals surface area contributed by atoms with E-state index < -0.39 is 0 Å². The molecule has 0 atom stereocenters. The number of anilines is 1. The largest absolute Gasteiger partial charge is 0.348 e. The summed E-state index contributed by atoms with van der Waals surface area (Å²) in [4.78, 5) is 22.8. The molecule has 0 bridgehead atoms. The second kappa shape index (κ2) is 8.45. The van der Waals surface area contributed by atoms with Crippen molar-refractivity contribution in [2.75, 3.05) is 11.9 Å². The summed E-state index contributed by atoms with van der Waals surface area (Å²) in [5.41, 5.74) is 2.57. The summed E-state index contributed by atoms with van der Waals surface area (Å²) >= 11 is 5.85. The average Bonchev–Trinajstić information content (AvgIpc) is 2.68. The number of hydrogen-bond acceptors (Lipinski definition) is 4. The van der Waals surface area contributed by atoms with E-state index in [1.807, 2.05) is 42.3 Å². The number of carbonyl (C=O) groups excluding carboxylic acids is 1. The summed E-state index contributed by atoms with van der Waals surface area (Å²) in [6, 6.07) is 17.4. The van der Waals surface area contributed by atoms with Gasteiger partial charge in [-0.1, -0.05) is 54.1 Å². The number of halogens is 1. The van der Waals surface area contributed by atoms with Gasteiger partial charge in [0.1, 0.15) is 0 Å². The summed E-state index contributed by atoms with van der Waals surface area (Å²) in [6.07, 6.45) is 3.09. The van der Waals surface area contributed by atoms with Crippen LogP contribution in [0.15, 0.2) is 67.0 Å². The average molecular weight is 367 g/mol. The van der Waals surface area contributed by atoms with Gasteiger partial charge in [0.05, 0.1) is 5.56 Å². The number of aromatic nitrogens is 2. The standard InChI is InChI=1S/C20H19ClN4O/c1-25(14-16-5-3-2-4-6-16)20-23-12-17(13-24-20)19(26)22-11-15-7-9-18(21)10-8-15/h2-10,12-13H,11,14H2,1H3,(H,22,26). The summed E-state index contributed by atoms with van der Waals surface area (Å²) in [6.45, 7) is 1.12. The third kappa shape index (κ3) is 4.80. The molecule has 0 spiro atoms. The summed E-state index contributed by atoms with van der Waals surface area (Å²) in [7, 11) is 1.92. The molecule has 3 rings (SSSR count). The smallest absolute Gasteiger partial charge is 0.254 e. The van der Waals surface area contributed by atoms with E-state index in [-0.39, 0.29) is 5.91 Å². The quantitative estimate of drug-likeness (QED) is 0.722. The zero-order valence-electron chi connectivity index (χ0n) is 14.4. The third-order valence-electron chi connectivity index (χ3n) is 3.87. The van der Waals surface area contributed by atoms with Gasteiger partial charge in [0.2, 0.25) is 5.95 Å². The van der Waals surface area contributed by atoms with Crippen molar-refractivity contribution >= 4 is 23.5 Å². The van der Waals surface area contributed by atoms with Crippen LogP contribution in [-0.4, -0.2) is 22.9 Å². The second-order valence-electron chi connectivity index (χ2n) is 5.92. The van der Waals surface area contributed by atoms with Crippen LogP contribution in [0.1, 0.15) is 21.5 Å². The molecule has 1 N–H and O–H groups in total. The van der Waals surface area contributed by atoms with Gasteiger partial charge in [0, 0.05) is 37.6 Å². The van der Waals surface area contributed by atoms with Crippen LogP contribution < -0.4 is 10.2 Å². The normalized spacial score (nSPS) is 10.4. The molecule has 0 radical (unpaired) electrons. The first-order chi connectivity index (χ1) is 12.6. The highest BCUT2D eigenvalue weighted by Crippen LogP contribution is 2.11. The zero-order valence-corrected chi connectivity index (χ0v) is 15.1. The first-order valence-electron chi connectivity index (χ1n) is 8.21. The maximum atomic E-state index is 12.2. The molecular formula is C20H19ClN4O. The van der Waals surface area contributed by atoms with E-state index in [0.29, 0.717) is 29.6 Å². The Kier molecular flexibility index (Phi) is 5.81. The maximum absolute atomic E-state index is 12.2. The SMILES string of the molecule is CN(Cc1ccccc1)c1ncc(C(=O)NCc2ccc(Cl)cc2)cn1. The molecule has 2 aromatic carbocycles. The maximum Gasteiger partial charge on any atom is 0.254 e. The number of amides is 1. The highest BCUT2D eigenvalue weighted by molar-refractivity contribution is 6.30. The van der Waals surface area contributed by atoms with Crippen molar-refractivity contribution in [3.05, 3.63) is 88.7 Å². The molecule has 0 fully saturated rings. The third-order valence-corrected chi connectivity index (χ3v) is 4.12. The Balaban J connectivity index is 1.57. The van der Waals surface area contributed by atoms with Gasteiger partial charge in [-0.05, 0) is 23.3 Å². The molecule has 1 heterocycles. The Bertz CT molecular complexity index is 851. The molecule has 1 aromatic heterocycles. The molecule has 0 saturated heterocycles. The van der Waals surface area contributed by atoms with Crippen molar-refractivity contribution in [3.8, 4) is 0 Å². The molecular weight excluding hydrogens is 348 g/mol. The minimum atomic E-state index is -0.211. The number of nitrogens with one attached hydrogen (secondary N) is 1. The molecule has 132 valence electrons. The van der Waals surface area contributed by atoms with Crippen molar-refractivity contribution in [2.24, 2.45) is 0 Å². The summed E-state index contributed by atoms with van der Waals surface area (Å²) in [5.74, 6) is 0.361. The Morgan fingerprint density at radius 3 is 2.31 bits per heavy atom. The first-order valence-corrected chi connectivity index (χ1v) is 8.59. The minimum Gasteiger partial charge on any atom is -0.348 e. The molecule has 3 aromatic rings. The lowest BCUT2D eigenvalue weighted by atomic mass is 10.2. The Hall–Kier alpha value is -2.92. The topological polar surface area (TPSA) is 58.1 Å². The number of carbonyl (C=O) groups is 1. The number of nitrogens with zero attached hydrogens (tertiary/aromatic N) is 3. The van der Waals surface area contributed by atoms with Crippen LogP contribution in [-0.2, 0) is 13.1 Å². The highest BCUT2D eigenvalue weighted by Gasteiger charge is 2.09. The van der Waals surface area contributed by atoms with Crippen LogP contribution >= 0.6 is 11.6 Å². The molecule has 6 heteroatoms. The van der Waals surface area contributed by atoms with Crippen molar-refractivity contribution < 1.29 is 4.79 Å². The second-order valence-corrected chi connectivity index (χ2v) is 6.36. The van der Waals surface area contributed by atoms with Gasteiger partial charge in [-0.3, -0.25) is 4.79 Å². The van der Waals surface area contributed by atoms with Gasteiger partial charge in [-0.2, -0.15) is 0 Å². The van der Waals surface area contributed by atoms with E-state index in [9.17, 15) is 4.79 Å². The molecule has 0 unspecified atom stereocenters. The van der Waals surface area contributed by atoms with Crippen LogP contribution in [0.4, 0.5) is 5.95 Å².